The highest BCUT2D eigenvalue weighted by Gasteiger charge is 2.33. The molecule has 1 amide bonds. The summed E-state index contributed by atoms with van der Waals surface area (Å²) < 4.78 is 7.80. The number of amides is 1. The van der Waals surface area contributed by atoms with Gasteiger partial charge in [-0.1, -0.05) is 67.4 Å². The Kier molecular flexibility index (Phi) is 7.98. The van der Waals surface area contributed by atoms with Crippen LogP contribution in [0.4, 0.5) is 0 Å². The maximum Gasteiger partial charge on any atom is 0.228 e. The zero-order valence-electron chi connectivity index (χ0n) is 24.6. The molecule has 3 aromatic carbocycles. The minimum atomic E-state index is -0.422. The van der Waals surface area contributed by atoms with Crippen molar-refractivity contribution in [1.29, 1.82) is 0 Å². The fourth-order valence-corrected chi connectivity index (χ4v) is 6.82. The number of aliphatic hydroxyl groups is 1. The van der Waals surface area contributed by atoms with Crippen LogP contribution >= 0.6 is 0 Å². The summed E-state index contributed by atoms with van der Waals surface area (Å²) in [6, 6.07) is 26.2. The average molecular weight is 562 g/mol. The highest BCUT2D eigenvalue weighted by atomic mass is 16.5. The molecule has 0 spiro atoms. The van der Waals surface area contributed by atoms with Crippen LogP contribution in [0.5, 0.6) is 5.75 Å². The van der Waals surface area contributed by atoms with Gasteiger partial charge in [-0.15, -0.1) is 0 Å². The molecular weight excluding hydrogens is 522 g/mol. The van der Waals surface area contributed by atoms with Crippen LogP contribution in [0.25, 0.3) is 16.6 Å². The van der Waals surface area contributed by atoms with Crippen LogP contribution < -0.4 is 10.1 Å². The number of hydrogen-bond acceptors (Lipinski definition) is 4. The number of aromatic nitrogens is 2. The first-order valence-corrected chi connectivity index (χ1v) is 15.0. The summed E-state index contributed by atoms with van der Waals surface area (Å²) in [5, 5.41) is 14.4. The smallest absolute Gasteiger partial charge is 0.228 e. The van der Waals surface area contributed by atoms with Gasteiger partial charge in [0.25, 0.3) is 0 Å². The molecule has 1 aliphatic rings. The standard InChI is InChI=1S/C36H39N3O3/c1-23-19-24(2)39-33-18-17-29(42-3)21-30(33)31(35(39)37-23)20-25-13-15-28(16-14-25)34(27-11-7-8-12-27)36(41)38-32(22-40)26-9-5-4-6-10-26/h4-6,9-10,13-19,21,27,32,34,40H,7-8,11-12,20,22H2,1-3H3,(H,38,41)/t32-,34?/m0/s1. The summed E-state index contributed by atoms with van der Waals surface area (Å²) in [6.45, 7) is 4.03. The van der Waals surface area contributed by atoms with E-state index in [9.17, 15) is 9.90 Å². The Hall–Kier alpha value is -4.16. The normalized spacial score (nSPS) is 15.2. The Bertz CT molecular complexity index is 1700. The van der Waals surface area contributed by atoms with E-state index in [0.717, 1.165) is 76.9 Å². The number of nitrogens with zero attached hydrogens (tertiary/aromatic N) is 2. The lowest BCUT2D eigenvalue weighted by Gasteiger charge is -2.26. The minimum Gasteiger partial charge on any atom is -0.497 e. The van der Waals surface area contributed by atoms with Gasteiger partial charge < -0.3 is 15.2 Å². The van der Waals surface area contributed by atoms with Crippen molar-refractivity contribution in [3.8, 4) is 5.75 Å². The van der Waals surface area contributed by atoms with Gasteiger partial charge in [0.05, 0.1) is 31.2 Å². The maximum absolute atomic E-state index is 13.8. The van der Waals surface area contributed by atoms with Gasteiger partial charge in [0.1, 0.15) is 11.4 Å². The summed E-state index contributed by atoms with van der Waals surface area (Å²) in [4.78, 5) is 18.7. The third-order valence-electron chi connectivity index (χ3n) is 8.88. The second-order valence-corrected chi connectivity index (χ2v) is 11.7. The summed E-state index contributed by atoms with van der Waals surface area (Å²) in [5.41, 5.74) is 8.52. The Labute approximate surface area is 247 Å². The van der Waals surface area contributed by atoms with Crippen molar-refractivity contribution in [3.63, 3.8) is 0 Å². The number of benzene rings is 3. The van der Waals surface area contributed by atoms with Crippen LogP contribution in [0.2, 0.25) is 0 Å². The van der Waals surface area contributed by atoms with E-state index in [1.165, 1.54) is 11.1 Å². The van der Waals surface area contributed by atoms with Gasteiger partial charge in [0.15, 0.2) is 0 Å². The fourth-order valence-electron chi connectivity index (χ4n) is 6.82. The number of carbonyl (C=O) groups is 1. The van der Waals surface area contributed by atoms with Crippen LogP contribution in [0.15, 0.2) is 78.9 Å². The summed E-state index contributed by atoms with van der Waals surface area (Å²) >= 11 is 0. The number of methoxy groups -OCH3 is 1. The van der Waals surface area contributed by atoms with Crippen LogP contribution in [0.3, 0.4) is 0 Å². The maximum atomic E-state index is 13.8. The predicted octanol–water partition coefficient (Wildman–Crippen LogP) is 6.83. The second kappa shape index (κ2) is 12.0. The van der Waals surface area contributed by atoms with E-state index in [1.807, 2.05) is 43.3 Å². The topological polar surface area (TPSA) is 75.9 Å². The van der Waals surface area contributed by atoms with E-state index in [-0.39, 0.29) is 18.4 Å². The Morgan fingerprint density at radius 3 is 2.43 bits per heavy atom. The van der Waals surface area contributed by atoms with Crippen LogP contribution in [-0.4, -0.2) is 34.1 Å². The predicted molar refractivity (Wildman–Crippen MR) is 167 cm³/mol. The van der Waals surface area contributed by atoms with Crippen molar-refractivity contribution in [2.75, 3.05) is 13.7 Å². The van der Waals surface area contributed by atoms with Gasteiger partial charge in [0.2, 0.25) is 5.91 Å². The Balaban J connectivity index is 1.32. The minimum absolute atomic E-state index is 0.00998. The van der Waals surface area contributed by atoms with Crippen LogP contribution in [-0.2, 0) is 11.2 Å². The first-order chi connectivity index (χ1) is 20.5. The van der Waals surface area contributed by atoms with Gasteiger partial charge in [0, 0.05) is 28.8 Å². The molecule has 2 aromatic heterocycles. The first-order valence-electron chi connectivity index (χ1n) is 15.0. The molecule has 2 atom stereocenters. The molecule has 5 aromatic rings. The van der Waals surface area contributed by atoms with Gasteiger partial charge >= 0.3 is 0 Å². The number of carbonyl (C=O) groups excluding carboxylic acids is 1. The number of fused-ring (bicyclic) bond motifs is 3. The van der Waals surface area contributed by atoms with Crippen molar-refractivity contribution >= 4 is 22.5 Å². The molecule has 0 saturated heterocycles. The Morgan fingerprint density at radius 1 is 1.00 bits per heavy atom. The molecular formula is C36H39N3O3. The van der Waals surface area contributed by atoms with Crippen molar-refractivity contribution in [2.45, 2.75) is 57.9 Å². The number of hydrogen-bond donors (Lipinski definition) is 2. The molecule has 2 N–H and O–H groups in total. The summed E-state index contributed by atoms with van der Waals surface area (Å²) in [5.74, 6) is 0.871. The van der Waals surface area contributed by atoms with E-state index in [4.69, 9.17) is 9.72 Å². The van der Waals surface area contributed by atoms with E-state index in [1.54, 1.807) is 7.11 Å². The summed E-state index contributed by atoms with van der Waals surface area (Å²) in [7, 11) is 1.70. The molecule has 6 heteroatoms. The molecule has 0 radical (unpaired) electrons. The molecule has 1 saturated carbocycles. The first kappa shape index (κ1) is 28.0. The monoisotopic (exact) mass is 561 g/mol. The lowest BCUT2D eigenvalue weighted by molar-refractivity contribution is -0.124. The van der Waals surface area contributed by atoms with Crippen molar-refractivity contribution in [3.05, 3.63) is 113 Å². The molecule has 1 aliphatic carbocycles. The number of aryl methyl sites for hydroxylation is 2. The zero-order valence-corrected chi connectivity index (χ0v) is 24.6. The van der Waals surface area contributed by atoms with Crippen molar-refractivity contribution in [1.82, 2.24) is 14.7 Å². The third-order valence-corrected chi connectivity index (χ3v) is 8.88. The molecule has 0 bridgehead atoms. The van der Waals surface area contributed by atoms with Crippen molar-refractivity contribution < 1.29 is 14.6 Å². The van der Waals surface area contributed by atoms with Gasteiger partial charge in [-0.25, -0.2) is 4.98 Å². The lowest BCUT2D eigenvalue weighted by Crippen LogP contribution is -2.37. The molecule has 216 valence electrons. The quantitative estimate of drug-likeness (QED) is 0.207. The highest BCUT2D eigenvalue weighted by Crippen LogP contribution is 2.39. The van der Waals surface area contributed by atoms with E-state index in [2.05, 4.69) is 59.1 Å². The SMILES string of the molecule is COc1ccc2c(c1)c(Cc1ccc(C(C(=O)N[C@@H](CO)c3ccccc3)C3CCCC3)cc1)c1nc(C)cc(C)n12. The van der Waals surface area contributed by atoms with Gasteiger partial charge in [-0.3, -0.25) is 9.20 Å². The molecule has 6 rings (SSSR count). The van der Waals surface area contributed by atoms with E-state index < -0.39 is 6.04 Å². The second-order valence-electron chi connectivity index (χ2n) is 11.7. The van der Waals surface area contributed by atoms with Crippen molar-refractivity contribution in [2.24, 2.45) is 5.92 Å². The lowest BCUT2D eigenvalue weighted by atomic mass is 9.83. The molecule has 2 heterocycles. The molecule has 0 aliphatic heterocycles. The largest absolute Gasteiger partial charge is 0.497 e. The molecule has 6 nitrogen and oxygen atoms in total. The Morgan fingerprint density at radius 2 is 1.74 bits per heavy atom. The number of ether oxygens (including phenoxy) is 1. The van der Waals surface area contributed by atoms with Crippen LogP contribution in [0, 0.1) is 19.8 Å². The number of aliphatic hydroxyl groups excluding tert-OH is 1. The third kappa shape index (κ3) is 5.39. The van der Waals surface area contributed by atoms with E-state index >= 15 is 0 Å². The fraction of sp³-hybridized carbons (Fsp3) is 0.333. The van der Waals surface area contributed by atoms with E-state index in [0.29, 0.717) is 5.92 Å². The molecule has 1 fully saturated rings. The molecule has 42 heavy (non-hydrogen) atoms. The number of nitrogens with one attached hydrogen (secondary N) is 1. The van der Waals surface area contributed by atoms with Crippen LogP contribution in [0.1, 0.15) is 71.3 Å². The molecule has 1 unspecified atom stereocenters. The number of rotatable bonds is 9. The summed E-state index contributed by atoms with van der Waals surface area (Å²) in [6.07, 6.45) is 5.11. The average Bonchev–Trinajstić information content (AvgIpc) is 3.64. The van der Waals surface area contributed by atoms with Gasteiger partial charge in [-0.2, -0.15) is 0 Å². The van der Waals surface area contributed by atoms with Gasteiger partial charge in [-0.05, 0) is 73.6 Å². The zero-order chi connectivity index (χ0) is 29.2. The highest BCUT2D eigenvalue weighted by molar-refractivity contribution is 5.93.